The van der Waals surface area contributed by atoms with E-state index in [0.29, 0.717) is 19.5 Å². The van der Waals surface area contributed by atoms with Crippen LogP contribution in [0.4, 0.5) is 5.69 Å². The van der Waals surface area contributed by atoms with Crippen molar-refractivity contribution < 1.29 is 14.1 Å². The van der Waals surface area contributed by atoms with Crippen LogP contribution in [0, 0.1) is 0 Å². The molecule has 0 saturated carbocycles. The standard InChI is InChI=1S/C25H27N3O3S/c1-27(15-7-10-20-18-21(26-31-20)19-8-3-2-4-9-19)24(29)13-14-25(30)28-16-17-32-23-12-6-5-11-22(23)28/h2-6,8-9,11-12,18H,7,10,13-17H2,1H3. The van der Waals surface area contributed by atoms with Crippen molar-refractivity contribution in [1.29, 1.82) is 0 Å². The molecule has 1 aliphatic rings. The molecule has 4 rings (SSSR count). The average Bonchev–Trinajstić information content (AvgIpc) is 3.31. The number of nitrogens with zero attached hydrogens (tertiary/aromatic N) is 3. The molecule has 2 aromatic carbocycles. The zero-order valence-corrected chi connectivity index (χ0v) is 19.0. The van der Waals surface area contributed by atoms with E-state index >= 15 is 0 Å². The van der Waals surface area contributed by atoms with Gasteiger partial charge in [0.25, 0.3) is 0 Å². The second-order valence-electron chi connectivity index (χ2n) is 7.82. The molecular formula is C25H27N3O3S. The van der Waals surface area contributed by atoms with E-state index in [9.17, 15) is 9.59 Å². The van der Waals surface area contributed by atoms with Crippen LogP contribution in [-0.4, -0.2) is 47.8 Å². The fourth-order valence-corrected chi connectivity index (χ4v) is 4.75. The van der Waals surface area contributed by atoms with Crippen LogP contribution in [0.25, 0.3) is 11.3 Å². The molecule has 6 nitrogen and oxygen atoms in total. The van der Waals surface area contributed by atoms with Crippen molar-refractivity contribution in [3.63, 3.8) is 0 Å². The lowest BCUT2D eigenvalue weighted by Gasteiger charge is -2.29. The van der Waals surface area contributed by atoms with Crippen molar-refractivity contribution in [1.82, 2.24) is 10.1 Å². The highest BCUT2D eigenvalue weighted by molar-refractivity contribution is 7.99. The summed E-state index contributed by atoms with van der Waals surface area (Å²) in [5.41, 5.74) is 2.80. The number of anilines is 1. The second-order valence-corrected chi connectivity index (χ2v) is 8.96. The van der Waals surface area contributed by atoms with E-state index in [1.807, 2.05) is 65.6 Å². The number of fused-ring (bicyclic) bond motifs is 1. The van der Waals surface area contributed by atoms with Gasteiger partial charge in [0.05, 0.1) is 5.69 Å². The number of aromatic nitrogens is 1. The first-order valence-corrected chi connectivity index (χ1v) is 11.9. The van der Waals surface area contributed by atoms with Gasteiger partial charge < -0.3 is 14.3 Å². The summed E-state index contributed by atoms with van der Waals surface area (Å²) in [7, 11) is 1.79. The Labute approximate surface area is 192 Å². The van der Waals surface area contributed by atoms with Crippen LogP contribution in [0.2, 0.25) is 0 Å². The van der Waals surface area contributed by atoms with Crippen molar-refractivity contribution in [2.75, 3.05) is 30.8 Å². The first-order valence-electron chi connectivity index (χ1n) is 10.9. The Morgan fingerprint density at radius 2 is 1.88 bits per heavy atom. The molecule has 0 radical (unpaired) electrons. The summed E-state index contributed by atoms with van der Waals surface area (Å²) in [5.74, 6) is 1.68. The largest absolute Gasteiger partial charge is 0.361 e. The summed E-state index contributed by atoms with van der Waals surface area (Å²) in [6, 6.07) is 19.8. The van der Waals surface area contributed by atoms with Gasteiger partial charge in [-0.25, -0.2) is 0 Å². The number of aryl methyl sites for hydroxylation is 1. The molecule has 0 aliphatic carbocycles. The van der Waals surface area contributed by atoms with Gasteiger partial charge >= 0.3 is 0 Å². The lowest BCUT2D eigenvalue weighted by molar-refractivity contribution is -0.132. The maximum absolute atomic E-state index is 12.7. The summed E-state index contributed by atoms with van der Waals surface area (Å²) in [6.07, 6.45) is 1.93. The minimum atomic E-state index is -0.0134. The maximum atomic E-state index is 12.7. The van der Waals surface area contributed by atoms with Crippen LogP contribution in [0.5, 0.6) is 0 Å². The molecule has 3 aromatic rings. The lowest BCUT2D eigenvalue weighted by atomic mass is 10.1. The zero-order valence-electron chi connectivity index (χ0n) is 18.2. The smallest absolute Gasteiger partial charge is 0.227 e. The molecule has 1 aromatic heterocycles. The van der Waals surface area contributed by atoms with E-state index in [1.165, 1.54) is 0 Å². The maximum Gasteiger partial charge on any atom is 0.227 e. The molecule has 166 valence electrons. The van der Waals surface area contributed by atoms with Gasteiger partial charge in [-0.15, -0.1) is 11.8 Å². The Bertz CT molecular complexity index is 1070. The molecule has 0 N–H and O–H groups in total. The van der Waals surface area contributed by atoms with Crippen LogP contribution in [0.1, 0.15) is 25.0 Å². The van der Waals surface area contributed by atoms with Crippen molar-refractivity contribution in [3.05, 3.63) is 66.4 Å². The van der Waals surface area contributed by atoms with Gasteiger partial charge in [0.2, 0.25) is 11.8 Å². The Kier molecular flexibility index (Phi) is 7.27. The van der Waals surface area contributed by atoms with Crippen molar-refractivity contribution >= 4 is 29.3 Å². The van der Waals surface area contributed by atoms with Gasteiger partial charge in [-0.05, 0) is 18.6 Å². The number of carbonyl (C=O) groups is 2. The first-order chi connectivity index (χ1) is 15.6. The van der Waals surface area contributed by atoms with Crippen LogP contribution in [0.3, 0.4) is 0 Å². The summed E-state index contributed by atoms with van der Waals surface area (Å²) >= 11 is 1.77. The van der Waals surface area contributed by atoms with Crippen molar-refractivity contribution in [2.45, 2.75) is 30.6 Å². The Morgan fingerprint density at radius 3 is 2.72 bits per heavy atom. The Balaban J connectivity index is 1.21. The summed E-state index contributed by atoms with van der Waals surface area (Å²) in [6.45, 7) is 1.30. The number of carbonyl (C=O) groups excluding carboxylic acids is 2. The van der Waals surface area contributed by atoms with Crippen LogP contribution in [-0.2, 0) is 16.0 Å². The molecule has 1 aliphatic heterocycles. The SMILES string of the molecule is CN(CCCc1cc(-c2ccccc2)no1)C(=O)CCC(=O)N1CCSc2ccccc21. The number of hydrogen-bond donors (Lipinski definition) is 0. The molecule has 2 amide bonds. The van der Waals surface area contributed by atoms with Crippen LogP contribution >= 0.6 is 11.8 Å². The third-order valence-electron chi connectivity index (χ3n) is 5.55. The number of hydrogen-bond acceptors (Lipinski definition) is 5. The molecule has 32 heavy (non-hydrogen) atoms. The molecular weight excluding hydrogens is 422 g/mol. The fourth-order valence-electron chi connectivity index (χ4n) is 3.76. The van der Waals surface area contributed by atoms with E-state index < -0.39 is 0 Å². The fraction of sp³-hybridized carbons (Fsp3) is 0.320. The van der Waals surface area contributed by atoms with Crippen molar-refractivity contribution in [3.8, 4) is 11.3 Å². The second kappa shape index (κ2) is 10.5. The normalized spacial score (nSPS) is 13.0. The van der Waals surface area contributed by atoms with Gasteiger partial charge in [-0.2, -0.15) is 0 Å². The van der Waals surface area contributed by atoms with E-state index in [0.717, 1.165) is 39.8 Å². The summed E-state index contributed by atoms with van der Waals surface area (Å²) in [4.78, 5) is 29.9. The Hall–Kier alpha value is -3.06. The first kappa shape index (κ1) is 22.1. The monoisotopic (exact) mass is 449 g/mol. The molecule has 7 heteroatoms. The number of benzene rings is 2. The van der Waals surface area contributed by atoms with Gasteiger partial charge in [0.15, 0.2) is 0 Å². The summed E-state index contributed by atoms with van der Waals surface area (Å²) in [5, 5.41) is 4.13. The molecule has 0 unspecified atom stereocenters. The van der Waals surface area contributed by atoms with Gasteiger partial charge in [0.1, 0.15) is 11.5 Å². The highest BCUT2D eigenvalue weighted by Crippen LogP contribution is 2.34. The molecule has 0 spiro atoms. The van der Waals surface area contributed by atoms with E-state index in [4.69, 9.17) is 4.52 Å². The van der Waals surface area contributed by atoms with Crippen LogP contribution in [0.15, 0.2) is 70.1 Å². The lowest BCUT2D eigenvalue weighted by Crippen LogP contribution is -2.36. The third-order valence-corrected chi connectivity index (χ3v) is 6.60. The molecule has 0 saturated heterocycles. The third kappa shape index (κ3) is 5.40. The molecule has 2 heterocycles. The Morgan fingerprint density at radius 1 is 1.09 bits per heavy atom. The van der Waals surface area contributed by atoms with Gasteiger partial charge in [0, 0.05) is 61.7 Å². The molecule has 0 fully saturated rings. The van der Waals surface area contributed by atoms with Gasteiger partial charge in [-0.3, -0.25) is 9.59 Å². The summed E-state index contributed by atoms with van der Waals surface area (Å²) < 4.78 is 5.43. The van der Waals surface area contributed by atoms with Crippen molar-refractivity contribution in [2.24, 2.45) is 0 Å². The zero-order chi connectivity index (χ0) is 22.3. The predicted molar refractivity (Wildman–Crippen MR) is 127 cm³/mol. The van der Waals surface area contributed by atoms with Crippen LogP contribution < -0.4 is 4.90 Å². The predicted octanol–water partition coefficient (Wildman–Crippen LogP) is 4.65. The number of para-hydroxylation sites is 1. The molecule has 0 atom stereocenters. The quantitative estimate of drug-likeness (QED) is 0.501. The number of thioether (sulfide) groups is 1. The highest BCUT2D eigenvalue weighted by Gasteiger charge is 2.23. The molecule has 0 bridgehead atoms. The highest BCUT2D eigenvalue weighted by atomic mass is 32.2. The van der Waals surface area contributed by atoms with Gasteiger partial charge in [-0.1, -0.05) is 47.6 Å². The number of amides is 2. The number of rotatable bonds is 8. The van der Waals surface area contributed by atoms with E-state index in [-0.39, 0.29) is 24.7 Å². The minimum Gasteiger partial charge on any atom is -0.361 e. The van der Waals surface area contributed by atoms with E-state index in [1.54, 1.807) is 23.7 Å². The van der Waals surface area contributed by atoms with E-state index in [2.05, 4.69) is 5.16 Å². The minimum absolute atomic E-state index is 0.00889. The average molecular weight is 450 g/mol. The topological polar surface area (TPSA) is 66.7 Å².